The van der Waals surface area contributed by atoms with Crippen molar-refractivity contribution in [1.82, 2.24) is 10.3 Å². The molecule has 1 aromatic rings. The van der Waals surface area contributed by atoms with Crippen LogP contribution in [0.4, 0.5) is 5.69 Å². The number of hydrogen-bond donors (Lipinski definition) is 1. The number of nitrogens with zero attached hydrogens (tertiary/aromatic N) is 2. The largest absolute Gasteiger partial charge is 0.315 e. The molecule has 0 aromatic carbocycles. The molecule has 7 nitrogen and oxygen atoms in total. The predicted octanol–water partition coefficient (Wildman–Crippen LogP) is 0.125. The van der Waals surface area contributed by atoms with Crippen molar-refractivity contribution in [1.29, 1.82) is 0 Å². The van der Waals surface area contributed by atoms with Gasteiger partial charge in [-0.05, 0) is 19.0 Å². The number of rotatable bonds is 3. The second kappa shape index (κ2) is 4.38. The third kappa shape index (κ3) is 2.13. The summed E-state index contributed by atoms with van der Waals surface area (Å²) < 4.78 is 24.3. The summed E-state index contributed by atoms with van der Waals surface area (Å²) in [6, 6.07) is 2.51. The zero-order valence-electron chi connectivity index (χ0n) is 8.87. The molecule has 17 heavy (non-hydrogen) atoms. The van der Waals surface area contributed by atoms with E-state index in [4.69, 9.17) is 0 Å². The average molecular weight is 257 g/mol. The zero-order chi connectivity index (χ0) is 12.5. The highest BCUT2D eigenvalue weighted by atomic mass is 32.2. The molecule has 0 bridgehead atoms. The van der Waals surface area contributed by atoms with E-state index in [0.717, 1.165) is 6.07 Å². The second-order valence-corrected chi connectivity index (χ2v) is 5.89. The zero-order valence-corrected chi connectivity index (χ0v) is 9.68. The molecule has 1 aliphatic rings. The Labute approximate surface area is 97.9 Å². The first kappa shape index (κ1) is 11.9. The standard InChI is InChI=1S/C9H11N3O4S/c13-12(14)8-2-1-4-11-9(8)17(15,16)7-3-5-10-6-7/h1-2,4,7,10H,3,5-6H2/t7-/m1/s1. The van der Waals surface area contributed by atoms with Crippen molar-refractivity contribution < 1.29 is 13.3 Å². The van der Waals surface area contributed by atoms with Gasteiger partial charge in [0.05, 0.1) is 10.2 Å². The molecule has 8 heteroatoms. The Morgan fingerprint density at radius 2 is 2.29 bits per heavy atom. The minimum absolute atomic E-state index is 0.316. The van der Waals surface area contributed by atoms with Gasteiger partial charge in [-0.25, -0.2) is 13.4 Å². The van der Waals surface area contributed by atoms with Crippen LogP contribution >= 0.6 is 0 Å². The molecule has 0 amide bonds. The van der Waals surface area contributed by atoms with Crippen molar-refractivity contribution in [2.45, 2.75) is 16.7 Å². The van der Waals surface area contributed by atoms with Crippen LogP contribution in [0.15, 0.2) is 23.4 Å². The molecule has 0 unspecified atom stereocenters. The van der Waals surface area contributed by atoms with Gasteiger partial charge in [-0.15, -0.1) is 0 Å². The van der Waals surface area contributed by atoms with Crippen LogP contribution < -0.4 is 5.32 Å². The van der Waals surface area contributed by atoms with E-state index < -0.39 is 30.7 Å². The first-order chi connectivity index (χ1) is 8.03. The van der Waals surface area contributed by atoms with Gasteiger partial charge in [0.2, 0.25) is 14.9 Å². The highest BCUT2D eigenvalue weighted by molar-refractivity contribution is 7.92. The molecule has 0 saturated carbocycles. The molecule has 1 fully saturated rings. The van der Waals surface area contributed by atoms with Crippen LogP contribution in [0.1, 0.15) is 6.42 Å². The van der Waals surface area contributed by atoms with Gasteiger partial charge in [0.1, 0.15) is 0 Å². The van der Waals surface area contributed by atoms with Gasteiger partial charge in [0.15, 0.2) is 0 Å². The molecular weight excluding hydrogens is 246 g/mol. The minimum atomic E-state index is -3.73. The first-order valence-electron chi connectivity index (χ1n) is 5.07. The molecule has 1 aromatic heterocycles. The lowest BCUT2D eigenvalue weighted by molar-refractivity contribution is -0.388. The van der Waals surface area contributed by atoms with Gasteiger partial charge in [-0.3, -0.25) is 10.1 Å². The summed E-state index contributed by atoms with van der Waals surface area (Å²) in [5.74, 6) is 0. The fourth-order valence-electron chi connectivity index (χ4n) is 1.79. The van der Waals surface area contributed by atoms with Crippen LogP contribution in [-0.2, 0) is 9.84 Å². The van der Waals surface area contributed by atoms with E-state index in [1.165, 1.54) is 12.3 Å². The smallest absolute Gasteiger partial charge is 0.306 e. The van der Waals surface area contributed by atoms with Crippen molar-refractivity contribution >= 4 is 15.5 Å². The van der Waals surface area contributed by atoms with Gasteiger partial charge in [-0.2, -0.15) is 0 Å². The Morgan fingerprint density at radius 1 is 1.53 bits per heavy atom. The number of sulfone groups is 1. The summed E-state index contributed by atoms with van der Waals surface area (Å²) >= 11 is 0. The number of pyridine rings is 1. The second-order valence-electron chi connectivity index (χ2n) is 3.74. The Morgan fingerprint density at radius 3 is 2.88 bits per heavy atom. The maximum atomic E-state index is 12.2. The van der Waals surface area contributed by atoms with Crippen LogP contribution in [0.25, 0.3) is 0 Å². The Kier molecular flexibility index (Phi) is 3.07. The fraction of sp³-hybridized carbons (Fsp3) is 0.444. The molecule has 0 spiro atoms. The molecular formula is C9H11N3O4S. The molecule has 1 N–H and O–H groups in total. The quantitative estimate of drug-likeness (QED) is 0.609. The van der Waals surface area contributed by atoms with E-state index in [1.807, 2.05) is 0 Å². The van der Waals surface area contributed by atoms with Gasteiger partial charge in [0, 0.05) is 18.8 Å². The van der Waals surface area contributed by atoms with E-state index in [9.17, 15) is 18.5 Å². The van der Waals surface area contributed by atoms with Gasteiger partial charge in [-0.1, -0.05) is 0 Å². The van der Waals surface area contributed by atoms with Gasteiger partial charge >= 0.3 is 5.69 Å². The highest BCUT2D eigenvalue weighted by Crippen LogP contribution is 2.26. The van der Waals surface area contributed by atoms with Crippen LogP contribution in [-0.4, -0.2) is 36.7 Å². The summed E-state index contributed by atoms with van der Waals surface area (Å²) in [4.78, 5) is 13.7. The topological polar surface area (TPSA) is 102 Å². The lowest BCUT2D eigenvalue weighted by atomic mass is 10.4. The molecule has 0 aliphatic carbocycles. The SMILES string of the molecule is O=[N+]([O-])c1cccnc1S(=O)(=O)[C@@H]1CCNC1. The van der Waals surface area contributed by atoms with E-state index in [-0.39, 0.29) is 0 Å². The molecule has 1 saturated heterocycles. The van der Waals surface area contributed by atoms with E-state index in [1.54, 1.807) is 0 Å². The molecule has 92 valence electrons. The number of hydrogen-bond acceptors (Lipinski definition) is 6. The first-order valence-corrected chi connectivity index (χ1v) is 6.62. The molecule has 1 atom stereocenters. The summed E-state index contributed by atoms with van der Waals surface area (Å²) in [5, 5.41) is 12.6. The number of aromatic nitrogens is 1. The van der Waals surface area contributed by atoms with Crippen LogP contribution in [0.3, 0.4) is 0 Å². The maximum absolute atomic E-state index is 12.2. The summed E-state index contributed by atoms with van der Waals surface area (Å²) in [5.41, 5.74) is -0.459. The normalized spacial score (nSPS) is 20.4. The molecule has 1 aliphatic heterocycles. The maximum Gasteiger partial charge on any atom is 0.306 e. The van der Waals surface area contributed by atoms with Crippen molar-refractivity contribution in [3.63, 3.8) is 0 Å². The third-order valence-electron chi connectivity index (χ3n) is 2.67. The average Bonchev–Trinajstić information content (AvgIpc) is 2.83. The lowest BCUT2D eigenvalue weighted by Gasteiger charge is -2.09. The van der Waals surface area contributed by atoms with Crippen molar-refractivity contribution in [2.75, 3.05) is 13.1 Å². The van der Waals surface area contributed by atoms with E-state index >= 15 is 0 Å². The molecule has 0 radical (unpaired) electrons. The van der Waals surface area contributed by atoms with Crippen LogP contribution in [0, 0.1) is 10.1 Å². The van der Waals surface area contributed by atoms with Crippen LogP contribution in [0.2, 0.25) is 0 Å². The highest BCUT2D eigenvalue weighted by Gasteiger charge is 2.36. The van der Waals surface area contributed by atoms with Crippen molar-refractivity contribution in [3.05, 3.63) is 28.4 Å². The Hall–Kier alpha value is -1.54. The Balaban J connectivity index is 2.49. The fourth-order valence-corrected chi connectivity index (χ4v) is 3.51. The van der Waals surface area contributed by atoms with Crippen molar-refractivity contribution in [3.8, 4) is 0 Å². The summed E-state index contributed by atoms with van der Waals surface area (Å²) in [6.07, 6.45) is 1.71. The molecule has 2 heterocycles. The van der Waals surface area contributed by atoms with Crippen molar-refractivity contribution in [2.24, 2.45) is 0 Å². The van der Waals surface area contributed by atoms with Gasteiger partial charge < -0.3 is 5.32 Å². The van der Waals surface area contributed by atoms with Crippen LogP contribution in [0.5, 0.6) is 0 Å². The monoisotopic (exact) mass is 257 g/mol. The minimum Gasteiger partial charge on any atom is -0.315 e. The lowest BCUT2D eigenvalue weighted by Crippen LogP contribution is -2.25. The number of nitrogens with one attached hydrogen (secondary N) is 1. The van der Waals surface area contributed by atoms with Gasteiger partial charge in [0.25, 0.3) is 0 Å². The molecule has 2 rings (SSSR count). The summed E-state index contributed by atoms with van der Waals surface area (Å²) in [6.45, 7) is 0.917. The Bertz CT molecular complexity index is 537. The third-order valence-corrected chi connectivity index (χ3v) is 4.80. The van der Waals surface area contributed by atoms with E-state index in [2.05, 4.69) is 10.3 Å². The predicted molar refractivity (Wildman–Crippen MR) is 59.4 cm³/mol. The van der Waals surface area contributed by atoms with E-state index in [0.29, 0.717) is 19.5 Å². The summed E-state index contributed by atoms with van der Waals surface area (Å²) in [7, 11) is -3.73. The number of nitro groups is 1.